The van der Waals surface area contributed by atoms with Gasteiger partial charge in [-0.05, 0) is 98.3 Å². The number of benzene rings is 2. The molecule has 0 spiro atoms. The Kier molecular flexibility index (Phi) is 5.60. The lowest BCUT2D eigenvalue weighted by Crippen LogP contribution is -2.36. The average Bonchev–Trinajstić information content (AvgIpc) is 2.82. The zero-order valence-corrected chi connectivity index (χ0v) is 16.2. The first-order valence-electron chi connectivity index (χ1n) is 10.3. The normalized spacial score (nSPS) is 24.4. The molecule has 4 rings (SSSR count). The Labute approximate surface area is 162 Å². The number of aryl methyl sites for hydroxylation is 1. The van der Waals surface area contributed by atoms with Crippen molar-refractivity contribution < 1.29 is 9.50 Å². The van der Waals surface area contributed by atoms with Crippen molar-refractivity contribution in [3.63, 3.8) is 0 Å². The SMILES string of the molecule is Cc1cccc2c1CC[C@@H](CN1CCC(c3cccc(F)c3)CC1)C[C@H]2O. The molecule has 144 valence electrons. The second kappa shape index (κ2) is 8.12. The molecule has 3 heteroatoms. The van der Waals surface area contributed by atoms with Gasteiger partial charge in [0.2, 0.25) is 0 Å². The predicted octanol–water partition coefficient (Wildman–Crippen LogP) is 5.00. The van der Waals surface area contributed by atoms with Gasteiger partial charge in [-0.15, -0.1) is 0 Å². The maximum absolute atomic E-state index is 13.5. The lowest BCUT2D eigenvalue weighted by atomic mass is 9.88. The number of piperidine rings is 1. The molecule has 1 fully saturated rings. The second-order valence-electron chi connectivity index (χ2n) is 8.43. The van der Waals surface area contributed by atoms with E-state index >= 15 is 0 Å². The van der Waals surface area contributed by atoms with Crippen LogP contribution in [0.5, 0.6) is 0 Å². The summed E-state index contributed by atoms with van der Waals surface area (Å²) in [5.41, 5.74) is 4.95. The monoisotopic (exact) mass is 367 g/mol. The second-order valence-corrected chi connectivity index (χ2v) is 8.43. The van der Waals surface area contributed by atoms with E-state index in [2.05, 4.69) is 36.1 Å². The molecular weight excluding hydrogens is 337 g/mol. The molecule has 1 saturated heterocycles. The molecule has 1 heterocycles. The van der Waals surface area contributed by atoms with E-state index in [1.807, 2.05) is 6.07 Å². The molecule has 0 unspecified atom stereocenters. The zero-order chi connectivity index (χ0) is 18.8. The topological polar surface area (TPSA) is 23.5 Å². The fraction of sp³-hybridized carbons (Fsp3) is 0.500. The van der Waals surface area contributed by atoms with E-state index < -0.39 is 0 Å². The first-order chi connectivity index (χ1) is 13.1. The quantitative estimate of drug-likeness (QED) is 0.772. The minimum atomic E-state index is -0.336. The minimum Gasteiger partial charge on any atom is -0.388 e. The van der Waals surface area contributed by atoms with E-state index in [1.165, 1.54) is 17.2 Å². The largest absolute Gasteiger partial charge is 0.388 e. The molecule has 0 saturated carbocycles. The van der Waals surface area contributed by atoms with Crippen molar-refractivity contribution in [3.8, 4) is 0 Å². The van der Waals surface area contributed by atoms with Gasteiger partial charge in [0, 0.05) is 6.54 Å². The third-order valence-electron chi connectivity index (χ3n) is 6.59. The van der Waals surface area contributed by atoms with Crippen LogP contribution in [0, 0.1) is 18.7 Å². The molecule has 27 heavy (non-hydrogen) atoms. The number of hydrogen-bond donors (Lipinski definition) is 1. The van der Waals surface area contributed by atoms with Crippen molar-refractivity contribution >= 4 is 0 Å². The van der Waals surface area contributed by atoms with Crippen LogP contribution in [0.3, 0.4) is 0 Å². The number of hydrogen-bond acceptors (Lipinski definition) is 2. The van der Waals surface area contributed by atoms with Gasteiger partial charge in [-0.1, -0.05) is 30.3 Å². The number of aliphatic hydroxyl groups excluding tert-OH is 1. The summed E-state index contributed by atoms with van der Waals surface area (Å²) in [5.74, 6) is 0.887. The summed E-state index contributed by atoms with van der Waals surface area (Å²) in [6, 6.07) is 13.4. The molecule has 1 aliphatic carbocycles. The Hall–Kier alpha value is -1.71. The summed E-state index contributed by atoms with van der Waals surface area (Å²) < 4.78 is 13.5. The molecule has 2 aromatic carbocycles. The lowest BCUT2D eigenvalue weighted by molar-refractivity contribution is 0.117. The Morgan fingerprint density at radius 3 is 2.63 bits per heavy atom. The molecule has 0 radical (unpaired) electrons. The molecule has 2 nitrogen and oxygen atoms in total. The van der Waals surface area contributed by atoms with Crippen LogP contribution in [0.2, 0.25) is 0 Å². The van der Waals surface area contributed by atoms with Crippen molar-refractivity contribution in [2.75, 3.05) is 19.6 Å². The van der Waals surface area contributed by atoms with Gasteiger partial charge in [0.05, 0.1) is 6.10 Å². The van der Waals surface area contributed by atoms with Crippen LogP contribution in [0.1, 0.15) is 60.0 Å². The van der Waals surface area contributed by atoms with Crippen LogP contribution in [0.15, 0.2) is 42.5 Å². The van der Waals surface area contributed by atoms with Gasteiger partial charge in [0.15, 0.2) is 0 Å². The highest BCUT2D eigenvalue weighted by atomic mass is 19.1. The third kappa shape index (κ3) is 4.25. The van der Waals surface area contributed by atoms with Crippen LogP contribution >= 0.6 is 0 Å². The number of nitrogens with zero attached hydrogens (tertiary/aromatic N) is 1. The molecule has 0 bridgehead atoms. The molecule has 0 aromatic heterocycles. The highest BCUT2D eigenvalue weighted by Crippen LogP contribution is 2.35. The number of halogens is 1. The van der Waals surface area contributed by atoms with E-state index in [0.717, 1.165) is 62.9 Å². The van der Waals surface area contributed by atoms with Gasteiger partial charge in [0.1, 0.15) is 5.82 Å². The minimum absolute atomic E-state index is 0.128. The number of aliphatic hydroxyl groups is 1. The highest BCUT2D eigenvalue weighted by Gasteiger charge is 2.27. The predicted molar refractivity (Wildman–Crippen MR) is 107 cm³/mol. The van der Waals surface area contributed by atoms with Crippen molar-refractivity contribution in [2.45, 2.75) is 51.0 Å². The summed E-state index contributed by atoms with van der Waals surface area (Å²) in [5, 5.41) is 10.7. The summed E-state index contributed by atoms with van der Waals surface area (Å²) in [7, 11) is 0. The van der Waals surface area contributed by atoms with Crippen molar-refractivity contribution in [2.24, 2.45) is 5.92 Å². The molecule has 1 N–H and O–H groups in total. The fourth-order valence-electron chi connectivity index (χ4n) is 5.03. The number of likely N-dealkylation sites (tertiary alicyclic amines) is 1. The summed E-state index contributed by atoms with van der Waals surface area (Å²) in [4.78, 5) is 2.55. The first-order valence-corrected chi connectivity index (χ1v) is 10.3. The fourth-order valence-corrected chi connectivity index (χ4v) is 5.03. The van der Waals surface area contributed by atoms with Crippen LogP contribution in [-0.4, -0.2) is 29.6 Å². The van der Waals surface area contributed by atoms with Crippen molar-refractivity contribution in [3.05, 3.63) is 70.5 Å². The van der Waals surface area contributed by atoms with E-state index in [9.17, 15) is 9.50 Å². The zero-order valence-electron chi connectivity index (χ0n) is 16.2. The average molecular weight is 368 g/mol. The molecule has 0 amide bonds. The smallest absolute Gasteiger partial charge is 0.123 e. The standard InChI is InChI=1S/C24H30FNO/c1-17-4-2-7-23-22(17)9-8-18(14-24(23)27)16-26-12-10-19(11-13-26)20-5-3-6-21(25)15-20/h2-7,15,18-19,24,27H,8-14,16H2,1H3/t18-,24-/m1/s1. The van der Waals surface area contributed by atoms with Gasteiger partial charge in [-0.25, -0.2) is 4.39 Å². The summed E-state index contributed by atoms with van der Waals surface area (Å²) in [6.07, 6.45) is 4.94. The molecule has 1 aliphatic heterocycles. The van der Waals surface area contributed by atoms with E-state index in [1.54, 1.807) is 6.07 Å². The van der Waals surface area contributed by atoms with Crippen molar-refractivity contribution in [1.82, 2.24) is 4.90 Å². The van der Waals surface area contributed by atoms with E-state index in [0.29, 0.717) is 11.8 Å². The summed E-state index contributed by atoms with van der Waals surface area (Å²) in [6.45, 7) is 5.36. The van der Waals surface area contributed by atoms with Gasteiger partial charge < -0.3 is 10.0 Å². The Bertz CT molecular complexity index is 782. The van der Waals surface area contributed by atoms with Crippen LogP contribution < -0.4 is 0 Å². The summed E-state index contributed by atoms with van der Waals surface area (Å²) >= 11 is 0. The van der Waals surface area contributed by atoms with Crippen LogP contribution in [-0.2, 0) is 6.42 Å². The Morgan fingerprint density at radius 2 is 1.85 bits per heavy atom. The van der Waals surface area contributed by atoms with E-state index in [-0.39, 0.29) is 11.9 Å². The lowest BCUT2D eigenvalue weighted by Gasteiger charge is -2.34. The van der Waals surface area contributed by atoms with Gasteiger partial charge >= 0.3 is 0 Å². The van der Waals surface area contributed by atoms with E-state index in [4.69, 9.17) is 0 Å². The molecule has 2 atom stereocenters. The van der Waals surface area contributed by atoms with Gasteiger partial charge in [0.25, 0.3) is 0 Å². The molecule has 2 aromatic rings. The number of rotatable bonds is 3. The van der Waals surface area contributed by atoms with Gasteiger partial charge in [-0.2, -0.15) is 0 Å². The maximum Gasteiger partial charge on any atom is 0.123 e. The van der Waals surface area contributed by atoms with Crippen molar-refractivity contribution in [1.29, 1.82) is 0 Å². The third-order valence-corrected chi connectivity index (χ3v) is 6.59. The molecular formula is C24H30FNO. The Morgan fingerprint density at radius 1 is 1.07 bits per heavy atom. The van der Waals surface area contributed by atoms with Crippen LogP contribution in [0.4, 0.5) is 4.39 Å². The first kappa shape index (κ1) is 18.6. The van der Waals surface area contributed by atoms with Gasteiger partial charge in [-0.3, -0.25) is 0 Å². The molecule has 2 aliphatic rings. The van der Waals surface area contributed by atoms with Crippen LogP contribution in [0.25, 0.3) is 0 Å². The Balaban J connectivity index is 1.34. The maximum atomic E-state index is 13.5. The highest BCUT2D eigenvalue weighted by molar-refractivity contribution is 5.37. The number of fused-ring (bicyclic) bond motifs is 1.